The third kappa shape index (κ3) is 2.47. The molecule has 4 nitrogen and oxygen atoms in total. The van der Waals surface area contributed by atoms with Crippen LogP contribution in [-0.4, -0.2) is 27.2 Å². The second kappa shape index (κ2) is 5.20. The Kier molecular flexibility index (Phi) is 3.82. The van der Waals surface area contributed by atoms with E-state index in [-0.39, 0.29) is 12.1 Å². The van der Waals surface area contributed by atoms with Gasteiger partial charge in [0.2, 0.25) is 0 Å². The maximum atomic E-state index is 9.47. The third-order valence-corrected chi connectivity index (χ3v) is 4.47. The number of nitrogens with one attached hydrogen (secondary N) is 1. The van der Waals surface area contributed by atoms with E-state index in [0.717, 1.165) is 28.9 Å². The van der Waals surface area contributed by atoms with Crippen molar-refractivity contribution in [3.8, 4) is 0 Å². The molecule has 98 valence electrons. The molecule has 0 aliphatic carbocycles. The van der Waals surface area contributed by atoms with Crippen LogP contribution in [0.5, 0.6) is 0 Å². The van der Waals surface area contributed by atoms with Gasteiger partial charge < -0.3 is 10.4 Å². The van der Waals surface area contributed by atoms with Gasteiger partial charge in [-0.3, -0.25) is 0 Å². The number of rotatable bonds is 5. The molecule has 2 aromatic heterocycles. The summed E-state index contributed by atoms with van der Waals surface area (Å²) >= 11 is 1.70. The highest BCUT2D eigenvalue weighted by Gasteiger charge is 2.22. The van der Waals surface area contributed by atoms with Gasteiger partial charge >= 0.3 is 0 Å². The van der Waals surface area contributed by atoms with Crippen LogP contribution in [0.2, 0.25) is 0 Å². The first-order valence-corrected chi connectivity index (χ1v) is 7.06. The normalized spacial score (nSPS) is 14.7. The topological polar surface area (TPSA) is 58.0 Å². The van der Waals surface area contributed by atoms with Gasteiger partial charge in [-0.05, 0) is 25.8 Å². The van der Waals surface area contributed by atoms with Crippen LogP contribution in [0.4, 0.5) is 5.82 Å². The summed E-state index contributed by atoms with van der Waals surface area (Å²) in [6.07, 6.45) is 3.42. The molecular weight excluding hydrogens is 246 g/mol. The Balaban J connectivity index is 2.41. The fourth-order valence-electron chi connectivity index (χ4n) is 1.70. The highest BCUT2D eigenvalue weighted by atomic mass is 32.1. The van der Waals surface area contributed by atoms with Crippen molar-refractivity contribution in [2.45, 2.75) is 39.2 Å². The molecule has 0 amide bonds. The van der Waals surface area contributed by atoms with Gasteiger partial charge in [0.05, 0.1) is 17.5 Å². The van der Waals surface area contributed by atoms with E-state index in [9.17, 15) is 5.11 Å². The standard InChI is InChI=1S/C13H19N3OS/c1-4-9-6-10-11(14-8-15-12(10)18-9)16-13(3,5-2)7-17/h6,8,17H,4-5,7H2,1-3H3,(H,14,15,16)/t13-/m1/s1. The van der Waals surface area contributed by atoms with E-state index in [1.165, 1.54) is 4.88 Å². The predicted octanol–water partition coefficient (Wildman–Crippen LogP) is 2.83. The first-order chi connectivity index (χ1) is 8.61. The number of hydrogen-bond acceptors (Lipinski definition) is 5. The molecule has 0 saturated heterocycles. The van der Waals surface area contributed by atoms with E-state index < -0.39 is 0 Å². The van der Waals surface area contributed by atoms with Crippen LogP contribution in [0.1, 0.15) is 32.1 Å². The minimum absolute atomic E-state index is 0.0831. The molecule has 5 heteroatoms. The van der Waals surface area contributed by atoms with Gasteiger partial charge in [-0.25, -0.2) is 9.97 Å². The molecule has 2 aromatic rings. The summed E-state index contributed by atoms with van der Waals surface area (Å²) in [6, 6.07) is 2.13. The van der Waals surface area contributed by atoms with Crippen LogP contribution in [-0.2, 0) is 6.42 Å². The second-order valence-corrected chi connectivity index (χ2v) is 5.82. The molecule has 0 spiro atoms. The van der Waals surface area contributed by atoms with Gasteiger partial charge in [0.15, 0.2) is 0 Å². The second-order valence-electron chi connectivity index (χ2n) is 4.70. The number of nitrogens with zero attached hydrogens (tertiary/aromatic N) is 2. The van der Waals surface area contributed by atoms with Crippen molar-refractivity contribution < 1.29 is 5.11 Å². The lowest BCUT2D eigenvalue weighted by molar-refractivity contribution is 0.218. The minimum Gasteiger partial charge on any atom is -0.394 e. The lowest BCUT2D eigenvalue weighted by atomic mass is 10.0. The molecule has 0 aromatic carbocycles. The zero-order chi connectivity index (χ0) is 13.2. The van der Waals surface area contributed by atoms with Crippen LogP contribution in [0.15, 0.2) is 12.4 Å². The minimum atomic E-state index is -0.338. The summed E-state index contributed by atoms with van der Waals surface area (Å²) in [5.74, 6) is 0.814. The van der Waals surface area contributed by atoms with Crippen molar-refractivity contribution in [1.29, 1.82) is 0 Å². The summed E-state index contributed by atoms with van der Waals surface area (Å²) in [4.78, 5) is 10.9. The Labute approximate surface area is 111 Å². The fourth-order valence-corrected chi connectivity index (χ4v) is 2.64. The zero-order valence-corrected chi connectivity index (χ0v) is 11.8. The van der Waals surface area contributed by atoms with Crippen molar-refractivity contribution in [1.82, 2.24) is 9.97 Å². The first-order valence-electron chi connectivity index (χ1n) is 6.24. The van der Waals surface area contributed by atoms with Crippen molar-refractivity contribution in [2.24, 2.45) is 0 Å². The molecule has 18 heavy (non-hydrogen) atoms. The number of hydrogen-bond donors (Lipinski definition) is 2. The Morgan fingerprint density at radius 3 is 2.78 bits per heavy atom. The van der Waals surface area contributed by atoms with Gasteiger partial charge in [0, 0.05) is 4.88 Å². The Morgan fingerprint density at radius 1 is 1.39 bits per heavy atom. The number of aromatic nitrogens is 2. The lowest BCUT2D eigenvalue weighted by Crippen LogP contribution is -2.38. The molecule has 1 atom stereocenters. The first kappa shape index (κ1) is 13.2. The van der Waals surface area contributed by atoms with E-state index in [1.807, 2.05) is 13.8 Å². The van der Waals surface area contributed by atoms with Crippen LogP contribution >= 0.6 is 11.3 Å². The van der Waals surface area contributed by atoms with E-state index in [0.29, 0.717) is 0 Å². The smallest absolute Gasteiger partial charge is 0.138 e. The number of anilines is 1. The summed E-state index contributed by atoms with van der Waals surface area (Å²) in [5, 5.41) is 13.9. The fraction of sp³-hybridized carbons (Fsp3) is 0.538. The number of aliphatic hydroxyl groups excluding tert-OH is 1. The van der Waals surface area contributed by atoms with Crippen LogP contribution in [0.3, 0.4) is 0 Å². The van der Waals surface area contributed by atoms with Gasteiger partial charge in [-0.1, -0.05) is 13.8 Å². The summed E-state index contributed by atoms with van der Waals surface area (Å²) in [5.41, 5.74) is -0.338. The molecule has 2 rings (SSSR count). The van der Waals surface area contributed by atoms with Crippen LogP contribution in [0.25, 0.3) is 10.2 Å². The molecule has 0 aliphatic rings. The van der Waals surface area contributed by atoms with Crippen molar-refractivity contribution in [3.05, 3.63) is 17.3 Å². The lowest BCUT2D eigenvalue weighted by Gasteiger charge is -2.27. The number of thiophene rings is 1. The summed E-state index contributed by atoms with van der Waals surface area (Å²) in [7, 11) is 0. The predicted molar refractivity (Wildman–Crippen MR) is 76.2 cm³/mol. The van der Waals surface area contributed by atoms with Gasteiger partial charge in [-0.15, -0.1) is 11.3 Å². The third-order valence-electron chi connectivity index (χ3n) is 3.28. The van der Waals surface area contributed by atoms with E-state index >= 15 is 0 Å². The molecule has 0 fully saturated rings. The van der Waals surface area contributed by atoms with Gasteiger partial charge in [0.25, 0.3) is 0 Å². The number of aryl methyl sites for hydroxylation is 1. The van der Waals surface area contributed by atoms with E-state index in [1.54, 1.807) is 17.7 Å². The zero-order valence-electron chi connectivity index (χ0n) is 11.0. The quantitative estimate of drug-likeness (QED) is 0.873. The summed E-state index contributed by atoms with van der Waals surface area (Å²) in [6.45, 7) is 6.26. The molecule has 0 bridgehead atoms. The molecule has 0 radical (unpaired) electrons. The van der Waals surface area contributed by atoms with Gasteiger partial charge in [-0.2, -0.15) is 0 Å². The van der Waals surface area contributed by atoms with Crippen molar-refractivity contribution in [3.63, 3.8) is 0 Å². The summed E-state index contributed by atoms with van der Waals surface area (Å²) < 4.78 is 0. The monoisotopic (exact) mass is 265 g/mol. The highest BCUT2D eigenvalue weighted by molar-refractivity contribution is 7.18. The molecule has 0 aliphatic heterocycles. The molecule has 0 saturated carbocycles. The van der Waals surface area contributed by atoms with Crippen molar-refractivity contribution >= 4 is 27.4 Å². The Morgan fingerprint density at radius 2 is 2.17 bits per heavy atom. The average Bonchev–Trinajstić information content (AvgIpc) is 2.83. The molecule has 0 unspecified atom stereocenters. The van der Waals surface area contributed by atoms with Crippen LogP contribution < -0.4 is 5.32 Å². The molecule has 2 N–H and O–H groups in total. The largest absolute Gasteiger partial charge is 0.394 e. The van der Waals surface area contributed by atoms with E-state index in [4.69, 9.17) is 0 Å². The van der Waals surface area contributed by atoms with Crippen molar-refractivity contribution in [2.75, 3.05) is 11.9 Å². The molecular formula is C13H19N3OS. The number of aliphatic hydroxyl groups is 1. The van der Waals surface area contributed by atoms with Crippen LogP contribution in [0, 0.1) is 0 Å². The Bertz CT molecular complexity index is 534. The maximum absolute atomic E-state index is 9.47. The van der Waals surface area contributed by atoms with Gasteiger partial charge in [0.1, 0.15) is 17.0 Å². The Hall–Kier alpha value is -1.20. The molecule has 2 heterocycles. The SMILES string of the molecule is CCc1cc2c(N[C@](C)(CC)CO)ncnc2s1. The highest BCUT2D eigenvalue weighted by Crippen LogP contribution is 2.30. The number of fused-ring (bicyclic) bond motifs is 1. The maximum Gasteiger partial charge on any atom is 0.138 e. The average molecular weight is 265 g/mol. The van der Waals surface area contributed by atoms with E-state index in [2.05, 4.69) is 28.3 Å².